The molecule has 0 radical (unpaired) electrons. The van der Waals surface area contributed by atoms with Crippen LogP contribution in [-0.2, 0) is 0 Å². The van der Waals surface area contributed by atoms with Gasteiger partial charge < -0.3 is 9.42 Å². The summed E-state index contributed by atoms with van der Waals surface area (Å²) < 4.78 is 5.33. The Morgan fingerprint density at radius 2 is 1.75 bits per heavy atom. The van der Waals surface area contributed by atoms with E-state index in [0.717, 1.165) is 29.8 Å². The van der Waals surface area contributed by atoms with Crippen LogP contribution in [0.2, 0.25) is 0 Å². The fraction of sp³-hybridized carbons (Fsp3) is 0.261. The second-order valence-electron chi connectivity index (χ2n) is 7.10. The monoisotopic (exact) mass is 370 g/mol. The normalized spacial score (nSPS) is 14.7. The molecule has 5 nitrogen and oxygen atoms in total. The molecular weight excluding hydrogens is 348 g/mol. The second-order valence-corrected chi connectivity index (χ2v) is 7.10. The minimum atomic E-state index is 0.234. The van der Waals surface area contributed by atoms with Gasteiger partial charge in [-0.25, -0.2) is 0 Å². The Bertz CT molecular complexity index is 1000. The number of hydrogen-bond donors (Lipinski definition) is 0. The van der Waals surface area contributed by atoms with Crippen molar-refractivity contribution >= 4 is 17.3 Å². The molecule has 0 bridgehead atoms. The largest absolute Gasteiger partial charge is 0.372 e. The zero-order valence-electron chi connectivity index (χ0n) is 15.9. The minimum Gasteiger partial charge on any atom is -0.372 e. The first kappa shape index (κ1) is 18.0. The average Bonchev–Trinajstić information content (AvgIpc) is 3.23. The first-order chi connectivity index (χ1) is 13.7. The number of aryl methyl sites for hydroxylation is 1. The van der Waals surface area contributed by atoms with E-state index in [1.807, 2.05) is 43.3 Å². The maximum absolute atomic E-state index is 9.56. The number of nitriles is 1. The number of piperidine rings is 1. The Labute approximate surface area is 164 Å². The van der Waals surface area contributed by atoms with Gasteiger partial charge in [0, 0.05) is 24.3 Å². The smallest absolute Gasteiger partial charge is 0.268 e. The Kier molecular flexibility index (Phi) is 5.20. The van der Waals surface area contributed by atoms with E-state index in [1.165, 1.54) is 24.9 Å². The molecule has 0 saturated carbocycles. The average molecular weight is 370 g/mol. The lowest BCUT2D eigenvalue weighted by Gasteiger charge is -2.28. The predicted octanol–water partition coefficient (Wildman–Crippen LogP) is 5.10. The molecule has 1 aliphatic heterocycles. The molecule has 0 atom stereocenters. The van der Waals surface area contributed by atoms with Crippen molar-refractivity contribution in [3.05, 3.63) is 65.5 Å². The molecule has 0 aliphatic carbocycles. The van der Waals surface area contributed by atoms with E-state index < -0.39 is 0 Å². The molecule has 28 heavy (non-hydrogen) atoms. The number of anilines is 1. The van der Waals surface area contributed by atoms with Crippen LogP contribution in [0, 0.1) is 18.3 Å². The number of aromatic nitrogens is 2. The van der Waals surface area contributed by atoms with Crippen LogP contribution in [0.3, 0.4) is 0 Å². The van der Waals surface area contributed by atoms with E-state index in [2.05, 4.69) is 33.2 Å². The number of rotatable bonds is 4. The fourth-order valence-corrected chi connectivity index (χ4v) is 3.39. The van der Waals surface area contributed by atoms with Gasteiger partial charge >= 0.3 is 0 Å². The van der Waals surface area contributed by atoms with Crippen LogP contribution in [0.25, 0.3) is 23.0 Å². The SMILES string of the molecule is Cc1ccc(-c2noc(/C(C#N)=C/c3ccc(N4CCCCC4)cc3)n2)cc1. The number of allylic oxidation sites excluding steroid dienone is 1. The van der Waals surface area contributed by atoms with Crippen LogP contribution < -0.4 is 4.90 Å². The summed E-state index contributed by atoms with van der Waals surface area (Å²) >= 11 is 0. The fourth-order valence-electron chi connectivity index (χ4n) is 3.39. The highest BCUT2D eigenvalue weighted by molar-refractivity contribution is 5.87. The van der Waals surface area contributed by atoms with Gasteiger partial charge in [0.15, 0.2) is 0 Å². The van der Waals surface area contributed by atoms with Crippen LogP contribution in [0.15, 0.2) is 53.1 Å². The summed E-state index contributed by atoms with van der Waals surface area (Å²) in [7, 11) is 0. The van der Waals surface area contributed by atoms with Gasteiger partial charge in [-0.05, 0) is 50.0 Å². The molecule has 1 fully saturated rings. The molecule has 3 aromatic rings. The topological polar surface area (TPSA) is 66.0 Å². The van der Waals surface area contributed by atoms with Crippen molar-refractivity contribution in [2.75, 3.05) is 18.0 Å². The van der Waals surface area contributed by atoms with Crippen LogP contribution in [-0.4, -0.2) is 23.2 Å². The van der Waals surface area contributed by atoms with Gasteiger partial charge in [0.05, 0.1) is 0 Å². The lowest BCUT2D eigenvalue weighted by molar-refractivity contribution is 0.409. The zero-order chi connectivity index (χ0) is 19.3. The molecule has 0 unspecified atom stereocenters. The standard InChI is InChI=1S/C23H22N4O/c1-17-5-9-19(10-6-17)22-25-23(28-26-22)20(16-24)15-18-7-11-21(12-8-18)27-13-3-2-4-14-27/h5-12,15H,2-4,13-14H2,1H3/b20-15+. The first-order valence-electron chi connectivity index (χ1n) is 9.61. The third kappa shape index (κ3) is 3.96. The summed E-state index contributed by atoms with van der Waals surface area (Å²) in [6.07, 6.45) is 5.60. The maximum atomic E-state index is 9.56. The highest BCUT2D eigenvalue weighted by Gasteiger charge is 2.14. The minimum absolute atomic E-state index is 0.234. The van der Waals surface area contributed by atoms with E-state index in [0.29, 0.717) is 11.4 Å². The van der Waals surface area contributed by atoms with Crippen molar-refractivity contribution in [2.45, 2.75) is 26.2 Å². The Balaban J connectivity index is 1.54. The third-order valence-corrected chi connectivity index (χ3v) is 5.01. The summed E-state index contributed by atoms with van der Waals surface area (Å²) in [4.78, 5) is 6.80. The summed E-state index contributed by atoms with van der Waals surface area (Å²) in [6, 6.07) is 18.3. The van der Waals surface area contributed by atoms with Gasteiger partial charge in [-0.15, -0.1) is 0 Å². The van der Waals surface area contributed by atoms with Crippen molar-refractivity contribution < 1.29 is 4.52 Å². The van der Waals surface area contributed by atoms with Gasteiger partial charge in [-0.3, -0.25) is 0 Å². The first-order valence-corrected chi connectivity index (χ1v) is 9.61. The van der Waals surface area contributed by atoms with Crippen LogP contribution in [0.1, 0.15) is 36.3 Å². The second kappa shape index (κ2) is 8.10. The van der Waals surface area contributed by atoms with Gasteiger partial charge in [0.25, 0.3) is 5.89 Å². The van der Waals surface area contributed by atoms with Crippen molar-refractivity contribution in [1.29, 1.82) is 5.26 Å². The molecule has 5 heteroatoms. The lowest BCUT2D eigenvalue weighted by atomic mass is 10.1. The maximum Gasteiger partial charge on any atom is 0.268 e. The molecule has 0 amide bonds. The van der Waals surface area contributed by atoms with Crippen LogP contribution in [0.4, 0.5) is 5.69 Å². The summed E-state index contributed by atoms with van der Waals surface area (Å²) in [5, 5.41) is 13.6. The number of benzene rings is 2. The number of nitrogens with zero attached hydrogens (tertiary/aromatic N) is 4. The van der Waals surface area contributed by atoms with Crippen LogP contribution in [0.5, 0.6) is 0 Å². The lowest BCUT2D eigenvalue weighted by Crippen LogP contribution is -2.29. The highest BCUT2D eigenvalue weighted by Crippen LogP contribution is 2.24. The molecule has 0 spiro atoms. The summed E-state index contributed by atoms with van der Waals surface area (Å²) in [5.74, 6) is 0.717. The van der Waals surface area contributed by atoms with E-state index in [1.54, 1.807) is 6.08 Å². The highest BCUT2D eigenvalue weighted by atomic mass is 16.5. The molecule has 1 aliphatic rings. The summed E-state index contributed by atoms with van der Waals surface area (Å²) in [6.45, 7) is 4.25. The zero-order valence-corrected chi connectivity index (χ0v) is 15.9. The van der Waals surface area contributed by atoms with Crippen molar-refractivity contribution in [3.8, 4) is 17.5 Å². The van der Waals surface area contributed by atoms with Gasteiger partial charge in [-0.1, -0.05) is 47.1 Å². The van der Waals surface area contributed by atoms with Gasteiger partial charge in [0.2, 0.25) is 5.82 Å². The van der Waals surface area contributed by atoms with Crippen molar-refractivity contribution in [3.63, 3.8) is 0 Å². The van der Waals surface area contributed by atoms with Gasteiger partial charge in [0.1, 0.15) is 11.6 Å². The molecule has 2 aromatic carbocycles. The van der Waals surface area contributed by atoms with E-state index in [4.69, 9.17) is 4.52 Å². The molecular formula is C23H22N4O. The Hall–Kier alpha value is -3.39. The molecule has 1 saturated heterocycles. The van der Waals surface area contributed by atoms with E-state index >= 15 is 0 Å². The third-order valence-electron chi connectivity index (χ3n) is 5.01. The molecule has 0 N–H and O–H groups in total. The molecule has 4 rings (SSSR count). The molecule has 1 aromatic heterocycles. The number of hydrogen-bond acceptors (Lipinski definition) is 5. The van der Waals surface area contributed by atoms with Crippen LogP contribution >= 0.6 is 0 Å². The molecule has 2 heterocycles. The Morgan fingerprint density at radius 1 is 1.04 bits per heavy atom. The summed E-state index contributed by atoms with van der Waals surface area (Å²) in [5.41, 5.74) is 4.56. The quantitative estimate of drug-likeness (QED) is 0.598. The predicted molar refractivity (Wildman–Crippen MR) is 110 cm³/mol. The van der Waals surface area contributed by atoms with Gasteiger partial charge in [-0.2, -0.15) is 10.2 Å². The van der Waals surface area contributed by atoms with E-state index in [-0.39, 0.29) is 5.89 Å². The van der Waals surface area contributed by atoms with Crippen molar-refractivity contribution in [1.82, 2.24) is 10.1 Å². The molecule has 140 valence electrons. The van der Waals surface area contributed by atoms with Crippen molar-refractivity contribution in [2.24, 2.45) is 0 Å². The van der Waals surface area contributed by atoms with E-state index in [9.17, 15) is 5.26 Å². The Morgan fingerprint density at radius 3 is 2.43 bits per heavy atom.